The third-order valence-corrected chi connectivity index (χ3v) is 9.04. The molecule has 6 nitrogen and oxygen atoms in total. The summed E-state index contributed by atoms with van der Waals surface area (Å²) in [6.07, 6.45) is 2.82. The second kappa shape index (κ2) is 9.23. The Balaban J connectivity index is 1.40. The third kappa shape index (κ3) is 4.97. The van der Waals surface area contributed by atoms with E-state index in [4.69, 9.17) is 11.6 Å². The van der Waals surface area contributed by atoms with Crippen LogP contribution in [0.1, 0.15) is 19.3 Å². The number of amides is 1. The number of thioether (sulfide) groups is 1. The molecule has 0 aliphatic carbocycles. The lowest BCUT2D eigenvalue weighted by atomic mass is 10.2. The van der Waals surface area contributed by atoms with Gasteiger partial charge in [0.1, 0.15) is 0 Å². The number of sulfonamides is 1. The average molecular weight is 482 g/mol. The molecule has 0 saturated carbocycles. The highest BCUT2D eigenvalue weighted by Gasteiger charge is 2.26. The molecule has 0 bridgehead atoms. The number of carbonyl (C=O) groups excluding carboxylic acids is 1. The Labute approximate surface area is 188 Å². The Morgan fingerprint density at radius 1 is 1.17 bits per heavy atom. The maximum atomic E-state index is 12.8. The molecule has 0 unspecified atom stereocenters. The van der Waals surface area contributed by atoms with Crippen molar-refractivity contribution >= 4 is 66.5 Å². The maximum absolute atomic E-state index is 12.8. The van der Waals surface area contributed by atoms with Crippen molar-refractivity contribution in [3.05, 3.63) is 47.5 Å². The quantitative estimate of drug-likeness (QED) is 0.509. The van der Waals surface area contributed by atoms with Crippen LogP contribution in [0.4, 0.5) is 5.69 Å². The molecule has 1 aromatic heterocycles. The number of nitrogens with one attached hydrogen (secondary N) is 1. The first-order chi connectivity index (χ1) is 14.4. The van der Waals surface area contributed by atoms with E-state index in [-0.39, 0.29) is 16.6 Å². The van der Waals surface area contributed by atoms with E-state index in [0.717, 1.165) is 33.8 Å². The Morgan fingerprint density at radius 3 is 2.77 bits per heavy atom. The Morgan fingerprint density at radius 2 is 1.97 bits per heavy atom. The van der Waals surface area contributed by atoms with E-state index in [1.807, 2.05) is 12.1 Å². The van der Waals surface area contributed by atoms with Gasteiger partial charge < -0.3 is 5.32 Å². The monoisotopic (exact) mass is 481 g/mol. The van der Waals surface area contributed by atoms with Crippen molar-refractivity contribution in [2.75, 3.05) is 24.2 Å². The molecule has 4 rings (SSSR count). The molecule has 3 aromatic rings. The second-order valence-corrected chi connectivity index (χ2v) is 11.5. The molecule has 158 valence electrons. The van der Waals surface area contributed by atoms with Gasteiger partial charge in [-0.25, -0.2) is 13.4 Å². The summed E-state index contributed by atoms with van der Waals surface area (Å²) in [5.74, 6) is -0.0405. The first-order valence-corrected chi connectivity index (χ1v) is 13.1. The fraction of sp³-hybridized carbons (Fsp3) is 0.300. The van der Waals surface area contributed by atoms with E-state index in [0.29, 0.717) is 23.8 Å². The number of thiazole rings is 1. The summed E-state index contributed by atoms with van der Waals surface area (Å²) >= 11 is 8.83. The minimum absolute atomic E-state index is 0.177. The standard InChI is InChI=1S/C20H20ClN3O3S3/c21-14-7-8-18-17(11-14)23-20(29-18)28-13-19(25)22-15-5-4-6-16(12-15)30(26,27)24-9-2-1-3-10-24/h4-8,11-12H,1-3,9-10,13H2,(H,22,25). The number of hydrogen-bond donors (Lipinski definition) is 1. The van der Waals surface area contributed by atoms with Gasteiger partial charge in [0.05, 0.1) is 20.9 Å². The predicted octanol–water partition coefficient (Wildman–Crippen LogP) is 4.86. The van der Waals surface area contributed by atoms with E-state index in [9.17, 15) is 13.2 Å². The van der Waals surface area contributed by atoms with Gasteiger partial charge in [-0.3, -0.25) is 4.79 Å². The third-order valence-electron chi connectivity index (χ3n) is 4.73. The lowest BCUT2D eigenvalue weighted by Gasteiger charge is -2.26. The van der Waals surface area contributed by atoms with E-state index in [2.05, 4.69) is 10.3 Å². The lowest BCUT2D eigenvalue weighted by Crippen LogP contribution is -2.35. The molecule has 0 spiro atoms. The minimum atomic E-state index is -3.54. The van der Waals surface area contributed by atoms with Crippen LogP contribution in [-0.4, -0.2) is 42.5 Å². The molecule has 1 N–H and O–H groups in total. The zero-order chi connectivity index (χ0) is 21.1. The van der Waals surface area contributed by atoms with E-state index in [1.165, 1.54) is 33.5 Å². The molecule has 1 fully saturated rings. The van der Waals surface area contributed by atoms with Crippen molar-refractivity contribution in [1.82, 2.24) is 9.29 Å². The van der Waals surface area contributed by atoms with Crippen LogP contribution in [0.25, 0.3) is 10.2 Å². The van der Waals surface area contributed by atoms with Gasteiger partial charge in [0, 0.05) is 23.8 Å². The normalized spacial score (nSPS) is 15.4. The first-order valence-electron chi connectivity index (χ1n) is 9.51. The molecule has 2 aromatic carbocycles. The number of benzene rings is 2. The van der Waals surface area contributed by atoms with E-state index in [1.54, 1.807) is 24.3 Å². The van der Waals surface area contributed by atoms with Gasteiger partial charge in [-0.2, -0.15) is 4.31 Å². The number of nitrogens with zero attached hydrogens (tertiary/aromatic N) is 2. The van der Waals surface area contributed by atoms with Crippen LogP contribution in [-0.2, 0) is 14.8 Å². The van der Waals surface area contributed by atoms with E-state index >= 15 is 0 Å². The van der Waals surface area contributed by atoms with Crippen LogP contribution in [0.2, 0.25) is 5.02 Å². The second-order valence-electron chi connectivity index (χ2n) is 6.92. The average Bonchev–Trinajstić information content (AvgIpc) is 3.15. The molecule has 10 heteroatoms. The molecule has 1 aliphatic heterocycles. The summed E-state index contributed by atoms with van der Waals surface area (Å²) < 4.78 is 29.0. The minimum Gasteiger partial charge on any atom is -0.325 e. The molecule has 0 radical (unpaired) electrons. The van der Waals surface area contributed by atoms with Crippen molar-refractivity contribution in [3.8, 4) is 0 Å². The summed E-state index contributed by atoms with van der Waals surface area (Å²) in [5.41, 5.74) is 1.28. The van der Waals surface area contributed by atoms with Gasteiger partial charge in [-0.15, -0.1) is 11.3 Å². The number of halogens is 1. The van der Waals surface area contributed by atoms with Crippen molar-refractivity contribution in [1.29, 1.82) is 0 Å². The smallest absolute Gasteiger partial charge is 0.243 e. The number of anilines is 1. The number of carbonyl (C=O) groups is 1. The Kier molecular flexibility index (Phi) is 6.64. The fourth-order valence-electron chi connectivity index (χ4n) is 3.25. The van der Waals surface area contributed by atoms with Crippen molar-refractivity contribution < 1.29 is 13.2 Å². The number of fused-ring (bicyclic) bond motifs is 1. The first kappa shape index (κ1) is 21.6. The van der Waals surface area contributed by atoms with E-state index < -0.39 is 10.0 Å². The van der Waals surface area contributed by atoms with Crippen LogP contribution in [0.5, 0.6) is 0 Å². The molecule has 0 atom stereocenters. The summed E-state index contributed by atoms with van der Waals surface area (Å²) in [6, 6.07) is 12.0. The lowest BCUT2D eigenvalue weighted by molar-refractivity contribution is -0.113. The highest BCUT2D eigenvalue weighted by Crippen LogP contribution is 2.31. The molecular weight excluding hydrogens is 462 g/mol. The van der Waals surface area contributed by atoms with Gasteiger partial charge in [0.25, 0.3) is 0 Å². The molecule has 2 heterocycles. The zero-order valence-electron chi connectivity index (χ0n) is 16.0. The highest BCUT2D eigenvalue weighted by atomic mass is 35.5. The Hall–Kier alpha value is -1.65. The highest BCUT2D eigenvalue weighted by molar-refractivity contribution is 8.01. The predicted molar refractivity (Wildman–Crippen MR) is 123 cm³/mol. The summed E-state index contributed by atoms with van der Waals surface area (Å²) in [6.45, 7) is 1.09. The zero-order valence-corrected chi connectivity index (χ0v) is 19.2. The SMILES string of the molecule is O=C(CSc1nc2cc(Cl)ccc2s1)Nc1cccc(S(=O)(=O)N2CCCCC2)c1. The molecular formula is C20H20ClN3O3S3. The van der Waals surface area contributed by atoms with Crippen molar-refractivity contribution in [2.45, 2.75) is 28.5 Å². The number of rotatable bonds is 6. The Bertz CT molecular complexity index is 1170. The van der Waals surface area contributed by atoms with Gasteiger partial charge in [-0.1, -0.05) is 35.9 Å². The van der Waals surface area contributed by atoms with Crippen molar-refractivity contribution in [3.63, 3.8) is 0 Å². The van der Waals surface area contributed by atoms with Crippen LogP contribution in [0.15, 0.2) is 51.7 Å². The topological polar surface area (TPSA) is 79.4 Å². The fourth-order valence-corrected chi connectivity index (χ4v) is 6.83. The molecule has 30 heavy (non-hydrogen) atoms. The molecule has 1 aliphatic rings. The van der Waals surface area contributed by atoms with Crippen LogP contribution in [0.3, 0.4) is 0 Å². The summed E-state index contributed by atoms with van der Waals surface area (Å²) in [5, 5.41) is 3.41. The summed E-state index contributed by atoms with van der Waals surface area (Å²) in [7, 11) is -3.54. The van der Waals surface area contributed by atoms with Crippen molar-refractivity contribution in [2.24, 2.45) is 0 Å². The van der Waals surface area contributed by atoms with Crippen LogP contribution >= 0.6 is 34.7 Å². The van der Waals surface area contributed by atoms with Crippen LogP contribution < -0.4 is 5.32 Å². The van der Waals surface area contributed by atoms with Gasteiger partial charge in [0.15, 0.2) is 4.34 Å². The maximum Gasteiger partial charge on any atom is 0.243 e. The van der Waals surface area contributed by atoms with Gasteiger partial charge in [0.2, 0.25) is 15.9 Å². The number of piperidine rings is 1. The van der Waals surface area contributed by atoms with Gasteiger partial charge in [-0.05, 0) is 49.2 Å². The summed E-state index contributed by atoms with van der Waals surface area (Å²) in [4.78, 5) is 17.1. The largest absolute Gasteiger partial charge is 0.325 e. The number of hydrogen-bond acceptors (Lipinski definition) is 6. The van der Waals surface area contributed by atoms with Gasteiger partial charge >= 0.3 is 0 Å². The number of aromatic nitrogens is 1. The van der Waals surface area contributed by atoms with Crippen LogP contribution in [0, 0.1) is 0 Å². The molecule has 1 saturated heterocycles. The molecule has 1 amide bonds.